The van der Waals surface area contributed by atoms with Crippen molar-refractivity contribution in [1.82, 2.24) is 0 Å². The van der Waals surface area contributed by atoms with Crippen LogP contribution < -0.4 is 10.6 Å². The summed E-state index contributed by atoms with van der Waals surface area (Å²) in [4.78, 5) is 2.46. The van der Waals surface area contributed by atoms with Crippen molar-refractivity contribution in [3.05, 3.63) is 29.8 Å². The fourth-order valence-electron chi connectivity index (χ4n) is 2.50. The Kier molecular flexibility index (Phi) is 6.51. The van der Waals surface area contributed by atoms with Crippen molar-refractivity contribution in [3.8, 4) is 0 Å². The lowest BCUT2D eigenvalue weighted by atomic mass is 10.0. The normalized spacial score (nSPS) is 16.4. The van der Waals surface area contributed by atoms with Gasteiger partial charge in [0.1, 0.15) is 0 Å². The second kappa shape index (κ2) is 7.65. The van der Waals surface area contributed by atoms with Crippen molar-refractivity contribution in [2.24, 2.45) is 5.73 Å². The van der Waals surface area contributed by atoms with Crippen molar-refractivity contribution in [2.75, 3.05) is 18.0 Å². The van der Waals surface area contributed by atoms with E-state index in [9.17, 15) is 0 Å². The van der Waals surface area contributed by atoms with Gasteiger partial charge in [0.15, 0.2) is 0 Å². The quantitative estimate of drug-likeness (QED) is 0.878. The fraction of sp³-hybridized carbons (Fsp3) is 0.600. The maximum Gasteiger partial charge on any atom is 0.0366 e. The van der Waals surface area contributed by atoms with E-state index in [1.165, 1.54) is 50.0 Å². The molecule has 1 aromatic rings. The van der Waals surface area contributed by atoms with E-state index in [1.54, 1.807) is 0 Å². The van der Waals surface area contributed by atoms with Gasteiger partial charge in [0, 0.05) is 24.8 Å². The Morgan fingerprint density at radius 2 is 1.78 bits per heavy atom. The molecule has 1 fully saturated rings. The van der Waals surface area contributed by atoms with Crippen LogP contribution in [0.5, 0.6) is 0 Å². The molecule has 2 N–H and O–H groups in total. The standard InChI is InChI=1S/C15H24N2.ClH/c1-2-3-6-15(16)13-7-9-14(10-8-13)17-11-4-5-12-17;/h7-10,15H,2-6,11-12,16H2,1H3;1H/t15-;/m0./s1. The maximum atomic E-state index is 6.17. The summed E-state index contributed by atoms with van der Waals surface area (Å²) in [5.41, 5.74) is 8.81. The number of nitrogens with two attached hydrogens (primary N) is 1. The number of unbranched alkanes of at least 4 members (excludes halogenated alkanes) is 1. The van der Waals surface area contributed by atoms with Crippen molar-refractivity contribution in [2.45, 2.75) is 45.1 Å². The molecule has 1 aromatic carbocycles. The zero-order valence-electron chi connectivity index (χ0n) is 11.3. The number of rotatable bonds is 5. The van der Waals surface area contributed by atoms with E-state index >= 15 is 0 Å². The number of hydrogen-bond donors (Lipinski definition) is 1. The van der Waals surface area contributed by atoms with Gasteiger partial charge in [-0.3, -0.25) is 0 Å². The van der Waals surface area contributed by atoms with Gasteiger partial charge in [-0.2, -0.15) is 0 Å². The average molecular weight is 269 g/mol. The van der Waals surface area contributed by atoms with Crippen LogP contribution in [0.15, 0.2) is 24.3 Å². The molecule has 0 spiro atoms. The average Bonchev–Trinajstić information content (AvgIpc) is 2.90. The van der Waals surface area contributed by atoms with Gasteiger partial charge in [-0.15, -0.1) is 12.4 Å². The lowest BCUT2D eigenvalue weighted by Gasteiger charge is -2.19. The summed E-state index contributed by atoms with van der Waals surface area (Å²) in [7, 11) is 0. The molecular weight excluding hydrogens is 244 g/mol. The first-order valence-electron chi connectivity index (χ1n) is 6.91. The van der Waals surface area contributed by atoms with Crippen molar-refractivity contribution < 1.29 is 0 Å². The molecule has 1 atom stereocenters. The van der Waals surface area contributed by atoms with Crippen LogP contribution in [0.3, 0.4) is 0 Å². The Morgan fingerprint density at radius 1 is 1.17 bits per heavy atom. The predicted octanol–water partition coefficient (Wildman–Crippen LogP) is 3.90. The van der Waals surface area contributed by atoms with Crippen LogP contribution in [0.1, 0.15) is 50.6 Å². The Labute approximate surface area is 117 Å². The lowest BCUT2D eigenvalue weighted by molar-refractivity contribution is 0.603. The van der Waals surface area contributed by atoms with Gasteiger partial charge in [0.05, 0.1) is 0 Å². The molecule has 2 rings (SSSR count). The van der Waals surface area contributed by atoms with Crippen molar-refractivity contribution >= 4 is 18.1 Å². The molecule has 0 aromatic heterocycles. The molecule has 1 heterocycles. The molecule has 0 bridgehead atoms. The molecule has 0 saturated carbocycles. The third-order valence-corrected chi connectivity index (χ3v) is 3.66. The van der Waals surface area contributed by atoms with Gasteiger partial charge < -0.3 is 10.6 Å². The summed E-state index contributed by atoms with van der Waals surface area (Å²) in [6.45, 7) is 4.63. The number of halogens is 1. The Bertz CT molecular complexity index is 331. The number of nitrogens with zero attached hydrogens (tertiary/aromatic N) is 1. The van der Waals surface area contributed by atoms with E-state index in [0.717, 1.165) is 6.42 Å². The first kappa shape index (κ1) is 15.3. The molecule has 3 heteroatoms. The molecule has 0 radical (unpaired) electrons. The largest absolute Gasteiger partial charge is 0.372 e. The summed E-state index contributed by atoms with van der Waals surface area (Å²) in [5.74, 6) is 0. The minimum absolute atomic E-state index is 0. The van der Waals surface area contributed by atoms with E-state index < -0.39 is 0 Å². The fourth-order valence-corrected chi connectivity index (χ4v) is 2.50. The minimum atomic E-state index is 0. The number of benzene rings is 1. The summed E-state index contributed by atoms with van der Waals surface area (Å²) >= 11 is 0. The molecule has 18 heavy (non-hydrogen) atoms. The highest BCUT2D eigenvalue weighted by Gasteiger charge is 2.12. The Balaban J connectivity index is 0.00000162. The highest BCUT2D eigenvalue weighted by atomic mass is 35.5. The SMILES string of the molecule is CCCC[C@H](N)c1ccc(N2CCCC2)cc1.Cl. The van der Waals surface area contributed by atoms with E-state index in [4.69, 9.17) is 5.73 Å². The van der Waals surface area contributed by atoms with E-state index in [0.29, 0.717) is 0 Å². The number of hydrogen-bond acceptors (Lipinski definition) is 2. The highest BCUT2D eigenvalue weighted by molar-refractivity contribution is 5.85. The van der Waals surface area contributed by atoms with Crippen LogP contribution in [-0.2, 0) is 0 Å². The van der Waals surface area contributed by atoms with Crippen LogP contribution in [0.25, 0.3) is 0 Å². The van der Waals surface area contributed by atoms with Gasteiger partial charge in [0.25, 0.3) is 0 Å². The lowest BCUT2D eigenvalue weighted by Crippen LogP contribution is -2.17. The molecule has 1 aliphatic heterocycles. The second-order valence-corrected chi connectivity index (χ2v) is 5.03. The molecule has 2 nitrogen and oxygen atoms in total. The molecule has 0 amide bonds. The molecule has 1 saturated heterocycles. The zero-order chi connectivity index (χ0) is 12.1. The molecule has 1 aliphatic rings. The second-order valence-electron chi connectivity index (χ2n) is 5.03. The van der Waals surface area contributed by atoms with Crippen LogP contribution in [0.2, 0.25) is 0 Å². The van der Waals surface area contributed by atoms with E-state index in [2.05, 4.69) is 36.1 Å². The molecule has 102 valence electrons. The van der Waals surface area contributed by atoms with Crippen LogP contribution in [0.4, 0.5) is 5.69 Å². The minimum Gasteiger partial charge on any atom is -0.372 e. The van der Waals surface area contributed by atoms with Crippen LogP contribution in [0, 0.1) is 0 Å². The van der Waals surface area contributed by atoms with Crippen LogP contribution >= 0.6 is 12.4 Å². The Morgan fingerprint density at radius 3 is 2.33 bits per heavy atom. The topological polar surface area (TPSA) is 29.3 Å². The smallest absolute Gasteiger partial charge is 0.0366 e. The van der Waals surface area contributed by atoms with Gasteiger partial charge in [0.2, 0.25) is 0 Å². The summed E-state index contributed by atoms with van der Waals surface area (Å²) in [6, 6.07) is 9.07. The van der Waals surface area contributed by atoms with E-state index in [-0.39, 0.29) is 18.4 Å². The van der Waals surface area contributed by atoms with Gasteiger partial charge in [-0.05, 0) is 37.0 Å². The predicted molar refractivity (Wildman–Crippen MR) is 81.6 cm³/mol. The van der Waals surface area contributed by atoms with E-state index in [1.807, 2.05) is 0 Å². The van der Waals surface area contributed by atoms with Crippen molar-refractivity contribution in [3.63, 3.8) is 0 Å². The first-order chi connectivity index (χ1) is 8.31. The summed E-state index contributed by atoms with van der Waals surface area (Å²) < 4.78 is 0. The zero-order valence-corrected chi connectivity index (χ0v) is 12.1. The maximum absolute atomic E-state index is 6.17. The van der Waals surface area contributed by atoms with Gasteiger partial charge in [-0.25, -0.2) is 0 Å². The third kappa shape index (κ3) is 3.89. The molecule has 0 aliphatic carbocycles. The highest BCUT2D eigenvalue weighted by Crippen LogP contribution is 2.23. The van der Waals surface area contributed by atoms with Crippen LogP contribution in [-0.4, -0.2) is 13.1 Å². The third-order valence-electron chi connectivity index (χ3n) is 3.66. The first-order valence-corrected chi connectivity index (χ1v) is 6.91. The molecule has 0 unspecified atom stereocenters. The number of anilines is 1. The van der Waals surface area contributed by atoms with Crippen molar-refractivity contribution in [1.29, 1.82) is 0 Å². The summed E-state index contributed by atoms with van der Waals surface area (Å²) in [6.07, 6.45) is 6.20. The summed E-state index contributed by atoms with van der Waals surface area (Å²) in [5, 5.41) is 0. The van der Waals surface area contributed by atoms with Gasteiger partial charge >= 0.3 is 0 Å². The Hall–Kier alpha value is -0.730. The molecular formula is C15H25ClN2. The van der Waals surface area contributed by atoms with Gasteiger partial charge in [-0.1, -0.05) is 31.9 Å². The monoisotopic (exact) mass is 268 g/mol.